The van der Waals surface area contributed by atoms with Crippen LogP contribution in [0.2, 0.25) is 0 Å². The van der Waals surface area contributed by atoms with Crippen molar-refractivity contribution in [3.8, 4) is 0 Å². The summed E-state index contributed by atoms with van der Waals surface area (Å²) in [5.41, 5.74) is 2.96. The fourth-order valence-electron chi connectivity index (χ4n) is 5.01. The molecule has 1 amide bonds. The van der Waals surface area contributed by atoms with Gasteiger partial charge in [-0.15, -0.1) is 11.3 Å². The molecule has 2 N–H and O–H groups in total. The van der Waals surface area contributed by atoms with Gasteiger partial charge in [0.05, 0.1) is 17.6 Å². The van der Waals surface area contributed by atoms with Crippen LogP contribution in [0.3, 0.4) is 0 Å². The van der Waals surface area contributed by atoms with Crippen LogP contribution in [0, 0.1) is 0 Å². The zero-order valence-corrected chi connectivity index (χ0v) is 19.9. The van der Waals surface area contributed by atoms with Crippen molar-refractivity contribution in [2.45, 2.75) is 25.3 Å². The fourth-order valence-corrected chi connectivity index (χ4v) is 6.09. The summed E-state index contributed by atoms with van der Waals surface area (Å²) in [7, 11) is 3.44. The molecule has 1 saturated heterocycles. The summed E-state index contributed by atoms with van der Waals surface area (Å²) in [6.07, 6.45) is 2.51. The molecular weight excluding hydrogens is 452 g/mol. The molecule has 2 aromatic carbocycles. The summed E-state index contributed by atoms with van der Waals surface area (Å²) in [5.74, 6) is -1.02. The van der Waals surface area contributed by atoms with Crippen LogP contribution in [0.4, 0.5) is 5.69 Å². The predicted octanol–water partition coefficient (Wildman–Crippen LogP) is 3.44. The lowest BCUT2D eigenvalue weighted by molar-refractivity contribution is -0.117. The first kappa shape index (κ1) is 22.4. The number of carbonyl (C=O) groups excluding carboxylic acids is 1. The highest BCUT2D eigenvalue weighted by molar-refractivity contribution is 7.21. The normalized spacial score (nSPS) is 16.5. The van der Waals surface area contributed by atoms with Crippen molar-refractivity contribution >= 4 is 50.0 Å². The van der Waals surface area contributed by atoms with Crippen LogP contribution >= 0.6 is 11.3 Å². The van der Waals surface area contributed by atoms with E-state index >= 15 is 0 Å². The number of carbonyl (C=O) groups is 2. The van der Waals surface area contributed by atoms with E-state index in [1.807, 2.05) is 36.4 Å². The molecule has 2 aromatic heterocycles. The lowest BCUT2D eigenvalue weighted by Gasteiger charge is -2.24. The number of aryl methyl sites for hydroxylation is 2. The number of aromatic nitrogens is 2. The molecule has 5 rings (SSSR count). The maximum atomic E-state index is 12.9. The smallest absolute Gasteiger partial charge is 0.346 e. The number of rotatable bonds is 6. The minimum atomic E-state index is -0.899. The molecule has 176 valence electrons. The number of fused-ring (bicyclic) bond motifs is 2. The second kappa shape index (κ2) is 8.73. The minimum Gasteiger partial charge on any atom is -0.477 e. The third kappa shape index (κ3) is 3.91. The molecule has 34 heavy (non-hydrogen) atoms. The number of thiophene rings is 1. The summed E-state index contributed by atoms with van der Waals surface area (Å²) in [6.45, 7) is 1.04. The van der Waals surface area contributed by atoms with Crippen LogP contribution in [0.15, 0.2) is 47.3 Å². The number of anilines is 1. The third-order valence-electron chi connectivity index (χ3n) is 6.73. The predicted molar refractivity (Wildman–Crippen MR) is 134 cm³/mol. The lowest BCUT2D eigenvalue weighted by atomic mass is 10.0. The van der Waals surface area contributed by atoms with Crippen molar-refractivity contribution in [3.05, 3.63) is 63.4 Å². The summed E-state index contributed by atoms with van der Waals surface area (Å²) >= 11 is 1.31. The molecule has 0 saturated carbocycles. The second-order valence-electron chi connectivity index (χ2n) is 8.83. The number of carboxylic acid groups (broad SMARTS) is 1. The van der Waals surface area contributed by atoms with E-state index in [1.54, 1.807) is 29.3 Å². The molecule has 3 heterocycles. The van der Waals surface area contributed by atoms with Crippen LogP contribution in [0.25, 0.3) is 21.1 Å². The average Bonchev–Trinajstić information content (AvgIpc) is 3.47. The van der Waals surface area contributed by atoms with Crippen molar-refractivity contribution in [1.82, 2.24) is 14.0 Å². The highest BCUT2D eigenvalue weighted by atomic mass is 32.1. The highest BCUT2D eigenvalue weighted by Crippen LogP contribution is 2.34. The van der Waals surface area contributed by atoms with E-state index in [4.69, 9.17) is 0 Å². The van der Waals surface area contributed by atoms with Crippen LogP contribution in [0.5, 0.6) is 0 Å². The number of likely N-dealkylation sites (tertiary alicyclic amines) is 1. The molecule has 0 bridgehead atoms. The Kier molecular flexibility index (Phi) is 5.75. The van der Waals surface area contributed by atoms with Crippen LogP contribution in [0.1, 0.15) is 28.1 Å². The van der Waals surface area contributed by atoms with Crippen molar-refractivity contribution in [1.29, 1.82) is 0 Å². The highest BCUT2D eigenvalue weighted by Gasteiger charge is 2.29. The monoisotopic (exact) mass is 478 g/mol. The number of hydrogen-bond donors (Lipinski definition) is 2. The number of benzene rings is 2. The molecule has 0 radical (unpaired) electrons. The van der Waals surface area contributed by atoms with E-state index in [0.717, 1.165) is 46.1 Å². The lowest BCUT2D eigenvalue weighted by Crippen LogP contribution is -2.38. The van der Waals surface area contributed by atoms with Gasteiger partial charge in [0.2, 0.25) is 5.91 Å². The van der Waals surface area contributed by atoms with Gasteiger partial charge in [0, 0.05) is 30.5 Å². The number of amides is 1. The molecule has 1 atom stereocenters. The summed E-state index contributed by atoms with van der Waals surface area (Å²) < 4.78 is 4.12. The van der Waals surface area contributed by atoms with Crippen molar-refractivity contribution < 1.29 is 14.7 Å². The molecule has 9 heteroatoms. The summed E-state index contributed by atoms with van der Waals surface area (Å²) in [4.78, 5) is 39.4. The van der Waals surface area contributed by atoms with Gasteiger partial charge in [0.1, 0.15) is 4.88 Å². The number of nitrogens with zero attached hydrogens (tertiary/aromatic N) is 3. The Bertz CT molecular complexity index is 1480. The topological polar surface area (TPSA) is 96.6 Å². The van der Waals surface area contributed by atoms with Gasteiger partial charge in [-0.05, 0) is 61.0 Å². The van der Waals surface area contributed by atoms with E-state index in [9.17, 15) is 19.5 Å². The van der Waals surface area contributed by atoms with Gasteiger partial charge < -0.3 is 10.4 Å². The first-order valence-electron chi connectivity index (χ1n) is 11.3. The quantitative estimate of drug-likeness (QED) is 0.443. The third-order valence-corrected chi connectivity index (χ3v) is 7.93. The number of hydrogen-bond acceptors (Lipinski definition) is 5. The number of nitrogens with one attached hydrogen (secondary N) is 1. The van der Waals surface area contributed by atoms with Crippen LogP contribution in [-0.2, 0) is 25.3 Å². The van der Waals surface area contributed by atoms with Crippen LogP contribution < -0.4 is 11.0 Å². The van der Waals surface area contributed by atoms with Gasteiger partial charge in [-0.25, -0.2) is 9.59 Å². The molecule has 4 aromatic rings. The van der Waals surface area contributed by atoms with Gasteiger partial charge in [0.25, 0.3) is 0 Å². The van der Waals surface area contributed by atoms with E-state index in [0.29, 0.717) is 17.0 Å². The van der Waals surface area contributed by atoms with Gasteiger partial charge in [-0.1, -0.05) is 18.2 Å². The largest absolute Gasteiger partial charge is 0.477 e. The Labute approximate surface area is 200 Å². The minimum absolute atomic E-state index is 0.110. The molecule has 0 unspecified atom stereocenters. The van der Waals surface area contributed by atoms with E-state index in [1.165, 1.54) is 11.3 Å². The maximum absolute atomic E-state index is 12.9. The molecule has 8 nitrogen and oxygen atoms in total. The van der Waals surface area contributed by atoms with Crippen molar-refractivity contribution in [2.24, 2.45) is 14.1 Å². The van der Waals surface area contributed by atoms with Crippen molar-refractivity contribution in [3.63, 3.8) is 0 Å². The number of imidazole rings is 1. The molecular formula is C25H26N4O4S. The van der Waals surface area contributed by atoms with E-state index in [-0.39, 0.29) is 24.2 Å². The zero-order chi connectivity index (χ0) is 24.0. The first-order chi connectivity index (χ1) is 16.3. The van der Waals surface area contributed by atoms with Gasteiger partial charge in [-0.3, -0.25) is 18.8 Å². The molecule has 0 aliphatic carbocycles. The van der Waals surface area contributed by atoms with E-state index in [2.05, 4.69) is 10.2 Å². The fraction of sp³-hybridized carbons (Fsp3) is 0.320. The molecule has 1 fully saturated rings. The summed E-state index contributed by atoms with van der Waals surface area (Å²) in [6, 6.07) is 13.3. The average molecular weight is 479 g/mol. The molecule has 1 aliphatic heterocycles. The Morgan fingerprint density at radius 3 is 2.68 bits per heavy atom. The second-order valence-corrected chi connectivity index (χ2v) is 9.89. The Hall–Kier alpha value is -3.43. The first-order valence-corrected chi connectivity index (χ1v) is 12.1. The zero-order valence-electron chi connectivity index (χ0n) is 19.1. The Balaban J connectivity index is 1.32. The Morgan fingerprint density at radius 1 is 1.12 bits per heavy atom. The maximum Gasteiger partial charge on any atom is 0.346 e. The van der Waals surface area contributed by atoms with Crippen molar-refractivity contribution in [2.75, 3.05) is 18.4 Å². The van der Waals surface area contributed by atoms with Gasteiger partial charge >= 0.3 is 11.7 Å². The molecule has 1 aliphatic rings. The standard InChI is InChI=1S/C25H26N4O4S/c1-27-19-10-9-15(12-20(19)28(2)25(27)33)26-22(30)14-29-11-5-6-16(29)13-18-17-7-3-4-8-21(17)34-23(18)24(31)32/h3-4,7-10,12,16H,5-6,11,13-14H2,1-2H3,(H,26,30)(H,31,32)/t16-/m0/s1. The SMILES string of the molecule is Cn1c(=O)n(C)c2cc(NC(=O)CN3CCC[C@H]3Cc3c(C(=O)O)sc4ccccc34)ccc21. The van der Waals surface area contributed by atoms with Gasteiger partial charge in [-0.2, -0.15) is 0 Å². The van der Waals surface area contributed by atoms with Crippen LogP contribution in [-0.4, -0.2) is 50.1 Å². The van der Waals surface area contributed by atoms with Gasteiger partial charge in [0.15, 0.2) is 0 Å². The number of aromatic carboxylic acids is 1. The van der Waals surface area contributed by atoms with E-state index < -0.39 is 5.97 Å². The summed E-state index contributed by atoms with van der Waals surface area (Å²) in [5, 5.41) is 13.7. The Morgan fingerprint density at radius 2 is 1.88 bits per heavy atom. The number of carboxylic acids is 1. The molecule has 0 spiro atoms.